The van der Waals surface area contributed by atoms with Gasteiger partial charge >= 0.3 is 5.97 Å². The Morgan fingerprint density at radius 3 is 2.83 bits per heavy atom. The quantitative estimate of drug-likeness (QED) is 0.399. The van der Waals surface area contributed by atoms with E-state index in [2.05, 4.69) is 10.5 Å². The van der Waals surface area contributed by atoms with Crippen molar-refractivity contribution in [2.24, 2.45) is 5.16 Å². The zero-order chi connectivity index (χ0) is 21.6. The second-order valence-electron chi connectivity index (χ2n) is 6.68. The van der Waals surface area contributed by atoms with Gasteiger partial charge in [-0.2, -0.15) is 0 Å². The van der Waals surface area contributed by atoms with Crippen LogP contribution in [0.4, 0.5) is 0 Å². The molecule has 0 aliphatic carbocycles. The number of carbonyl (C=O) groups is 3. The van der Waals surface area contributed by atoms with Gasteiger partial charge in [0.15, 0.2) is 5.71 Å². The number of thioether (sulfide) groups is 1. The number of hydrogen-bond donors (Lipinski definition) is 2. The number of rotatable bonds is 5. The fraction of sp³-hybridized carbons (Fsp3) is 0.263. The largest absolute Gasteiger partial charge is 0.477 e. The maximum absolute atomic E-state index is 13.0. The Labute approximate surface area is 184 Å². The molecule has 0 saturated carbocycles. The van der Waals surface area contributed by atoms with Crippen LogP contribution < -0.4 is 5.32 Å². The standard InChI is InChI=1S/C19H16ClN3O5S2/c1-8-6-30-18-13(17(25)23(18)14(8)19(26)27)21-16(24)12(22-28-2)15-9-4-3-5-11(20)10(9)7-29-15/h3-5,7,13,18H,6H2,1-2H3,(H,21,24)(H,26,27)/b22-12+/t13?,18-/m1/s1. The summed E-state index contributed by atoms with van der Waals surface area (Å²) >= 11 is 8.92. The van der Waals surface area contributed by atoms with Gasteiger partial charge in [0.05, 0.1) is 4.88 Å². The van der Waals surface area contributed by atoms with Crippen molar-refractivity contribution >= 4 is 69.0 Å². The van der Waals surface area contributed by atoms with Crippen molar-refractivity contribution in [2.45, 2.75) is 18.3 Å². The molecular formula is C19H16ClN3O5S2. The first kappa shape index (κ1) is 20.7. The number of carboxylic acids is 1. The monoisotopic (exact) mass is 465 g/mol. The molecule has 1 fully saturated rings. The van der Waals surface area contributed by atoms with Crippen LogP contribution >= 0.6 is 34.7 Å². The predicted molar refractivity (Wildman–Crippen MR) is 116 cm³/mol. The van der Waals surface area contributed by atoms with E-state index in [9.17, 15) is 19.5 Å². The van der Waals surface area contributed by atoms with Gasteiger partial charge in [-0.1, -0.05) is 28.9 Å². The van der Waals surface area contributed by atoms with E-state index in [1.54, 1.807) is 19.1 Å². The van der Waals surface area contributed by atoms with Crippen molar-refractivity contribution in [3.8, 4) is 0 Å². The fourth-order valence-electron chi connectivity index (χ4n) is 3.48. The Balaban J connectivity index is 1.60. The zero-order valence-corrected chi connectivity index (χ0v) is 18.2. The maximum atomic E-state index is 13.0. The summed E-state index contributed by atoms with van der Waals surface area (Å²) in [7, 11) is 1.33. The fourth-order valence-corrected chi connectivity index (χ4v) is 6.10. The van der Waals surface area contributed by atoms with Gasteiger partial charge in [-0.25, -0.2) is 4.79 Å². The summed E-state index contributed by atoms with van der Waals surface area (Å²) in [6.45, 7) is 1.68. The summed E-state index contributed by atoms with van der Waals surface area (Å²) in [5.41, 5.74) is 0.626. The molecule has 8 nitrogen and oxygen atoms in total. The number of nitrogens with zero attached hydrogens (tertiary/aromatic N) is 2. The molecule has 4 rings (SSSR count). The van der Waals surface area contributed by atoms with E-state index in [0.29, 0.717) is 21.2 Å². The van der Waals surface area contributed by atoms with E-state index < -0.39 is 29.2 Å². The first-order valence-corrected chi connectivity index (χ1v) is 11.1. The lowest BCUT2D eigenvalue weighted by molar-refractivity contribution is -0.150. The van der Waals surface area contributed by atoms with Gasteiger partial charge in [0, 0.05) is 26.9 Å². The first-order valence-electron chi connectivity index (χ1n) is 8.81. The Morgan fingerprint density at radius 2 is 2.13 bits per heavy atom. The number of carbonyl (C=O) groups excluding carboxylic acids is 2. The molecule has 2 N–H and O–H groups in total. The van der Waals surface area contributed by atoms with Crippen LogP contribution in [0.5, 0.6) is 0 Å². The second kappa shape index (κ2) is 7.93. The van der Waals surface area contributed by atoms with Crippen molar-refractivity contribution in [3.05, 3.63) is 44.7 Å². The number of halogens is 1. The minimum Gasteiger partial charge on any atom is -0.477 e. The highest BCUT2D eigenvalue weighted by Gasteiger charge is 2.54. The van der Waals surface area contributed by atoms with Gasteiger partial charge in [-0.3, -0.25) is 14.5 Å². The van der Waals surface area contributed by atoms with Crippen molar-refractivity contribution in [3.63, 3.8) is 0 Å². The molecule has 3 heterocycles. The number of oxime groups is 1. The minimum atomic E-state index is -1.15. The minimum absolute atomic E-state index is 0.0149. The predicted octanol–water partition coefficient (Wildman–Crippen LogP) is 2.66. The third-order valence-electron chi connectivity index (χ3n) is 4.85. The third kappa shape index (κ3) is 3.24. The average Bonchev–Trinajstić information content (AvgIpc) is 3.14. The number of amides is 2. The van der Waals surface area contributed by atoms with E-state index in [1.807, 2.05) is 11.4 Å². The highest BCUT2D eigenvalue weighted by molar-refractivity contribution is 8.00. The summed E-state index contributed by atoms with van der Waals surface area (Å²) in [5, 5.41) is 19.4. The molecule has 1 aromatic carbocycles. The molecule has 1 saturated heterocycles. The summed E-state index contributed by atoms with van der Waals surface area (Å²) in [6.07, 6.45) is 0. The Hall–Kier alpha value is -2.56. The van der Waals surface area contributed by atoms with Gasteiger partial charge < -0.3 is 15.3 Å². The van der Waals surface area contributed by atoms with Crippen molar-refractivity contribution in [1.29, 1.82) is 0 Å². The topological polar surface area (TPSA) is 108 Å². The number of hydrogen-bond acceptors (Lipinski definition) is 7. The van der Waals surface area contributed by atoms with Crippen LogP contribution in [-0.2, 0) is 19.2 Å². The molecule has 156 valence electrons. The third-order valence-corrected chi connectivity index (χ3v) is 7.61. The van der Waals surface area contributed by atoms with Crippen molar-refractivity contribution in [1.82, 2.24) is 10.2 Å². The van der Waals surface area contributed by atoms with Crippen LogP contribution in [0.25, 0.3) is 10.8 Å². The van der Waals surface area contributed by atoms with E-state index in [0.717, 1.165) is 10.8 Å². The van der Waals surface area contributed by atoms with Gasteiger partial charge in [0.25, 0.3) is 11.8 Å². The summed E-state index contributed by atoms with van der Waals surface area (Å²) < 4.78 is 0. The lowest BCUT2D eigenvalue weighted by Gasteiger charge is -2.49. The van der Waals surface area contributed by atoms with E-state index in [4.69, 9.17) is 16.4 Å². The first-order chi connectivity index (χ1) is 14.3. The van der Waals surface area contributed by atoms with Gasteiger partial charge in [0.2, 0.25) is 0 Å². The van der Waals surface area contributed by atoms with Crippen LogP contribution in [0.1, 0.15) is 11.8 Å². The molecule has 2 aliphatic rings. The van der Waals surface area contributed by atoms with Crippen LogP contribution in [0.15, 0.2) is 40.0 Å². The Kier molecular flexibility index (Phi) is 5.48. The van der Waals surface area contributed by atoms with E-state index in [1.165, 1.54) is 35.1 Å². The van der Waals surface area contributed by atoms with Crippen LogP contribution in [-0.4, -0.2) is 57.8 Å². The molecule has 1 unspecified atom stereocenters. The second-order valence-corrected chi connectivity index (χ2v) is 9.08. The summed E-state index contributed by atoms with van der Waals surface area (Å²) in [6, 6.07) is 4.51. The summed E-state index contributed by atoms with van der Waals surface area (Å²) in [5.74, 6) is -1.73. The Bertz CT molecular complexity index is 1140. The molecule has 1 aromatic heterocycles. The molecule has 2 aliphatic heterocycles. The molecule has 30 heavy (non-hydrogen) atoms. The number of benzene rings is 1. The van der Waals surface area contributed by atoms with Crippen molar-refractivity contribution < 1.29 is 24.3 Å². The molecular weight excluding hydrogens is 450 g/mol. The van der Waals surface area contributed by atoms with E-state index in [-0.39, 0.29) is 11.4 Å². The highest BCUT2D eigenvalue weighted by atomic mass is 35.5. The highest BCUT2D eigenvalue weighted by Crippen LogP contribution is 2.40. The number of aliphatic carboxylic acids is 1. The van der Waals surface area contributed by atoms with Crippen LogP contribution in [0.3, 0.4) is 0 Å². The number of fused-ring (bicyclic) bond motifs is 2. The SMILES string of the molecule is CO/N=C(/C(=O)NC1C(=O)N2C(C(=O)O)=C(C)CS[C@H]12)c1scc2c(Cl)cccc12. The lowest BCUT2D eigenvalue weighted by atomic mass is 10.0. The maximum Gasteiger partial charge on any atom is 0.352 e. The molecule has 2 amide bonds. The van der Waals surface area contributed by atoms with Gasteiger partial charge in [-0.05, 0) is 18.6 Å². The number of thiophene rings is 1. The zero-order valence-electron chi connectivity index (χ0n) is 15.8. The number of β-lactam (4-membered cyclic amide) rings is 1. The van der Waals surface area contributed by atoms with Crippen LogP contribution in [0.2, 0.25) is 5.02 Å². The molecule has 11 heteroatoms. The van der Waals surface area contributed by atoms with Crippen LogP contribution in [0, 0.1) is 0 Å². The average molecular weight is 466 g/mol. The number of nitrogens with one attached hydrogen (secondary N) is 1. The molecule has 0 bridgehead atoms. The molecule has 2 atom stereocenters. The summed E-state index contributed by atoms with van der Waals surface area (Å²) in [4.78, 5) is 43.8. The smallest absolute Gasteiger partial charge is 0.352 e. The Morgan fingerprint density at radius 1 is 1.37 bits per heavy atom. The number of carboxylic acid groups (broad SMARTS) is 1. The van der Waals surface area contributed by atoms with Gasteiger partial charge in [-0.15, -0.1) is 23.1 Å². The van der Waals surface area contributed by atoms with E-state index >= 15 is 0 Å². The molecule has 0 radical (unpaired) electrons. The van der Waals surface area contributed by atoms with Crippen molar-refractivity contribution in [2.75, 3.05) is 12.9 Å². The normalized spacial score (nSPS) is 21.4. The molecule has 0 spiro atoms. The molecule has 2 aromatic rings. The van der Waals surface area contributed by atoms with Gasteiger partial charge in [0.1, 0.15) is 24.2 Å². The lowest BCUT2D eigenvalue weighted by Crippen LogP contribution is -2.71.